The predicted molar refractivity (Wildman–Crippen MR) is 99.9 cm³/mol. The Kier molecular flexibility index (Phi) is 4.94. The number of likely N-dealkylation sites (N-methyl/N-ethyl adjacent to an activating group) is 1. The van der Waals surface area contributed by atoms with Gasteiger partial charge in [-0.25, -0.2) is 4.90 Å². The molecule has 1 atom stereocenters. The van der Waals surface area contributed by atoms with Crippen molar-refractivity contribution in [1.82, 2.24) is 10.2 Å². The molecular formula is C21H23N3O2. The van der Waals surface area contributed by atoms with E-state index in [1.54, 1.807) is 6.92 Å². The lowest BCUT2D eigenvalue weighted by atomic mass is 10.00. The smallest absolute Gasteiger partial charge is 0.258 e. The van der Waals surface area contributed by atoms with Gasteiger partial charge in [0.05, 0.1) is 0 Å². The van der Waals surface area contributed by atoms with Gasteiger partial charge in [0.2, 0.25) is 5.91 Å². The van der Waals surface area contributed by atoms with Gasteiger partial charge in [-0.15, -0.1) is 0 Å². The molecule has 0 bridgehead atoms. The third kappa shape index (κ3) is 3.70. The first kappa shape index (κ1) is 17.9. The number of hydrogen-bond acceptors (Lipinski definition) is 3. The molecule has 2 aromatic carbocycles. The highest BCUT2D eigenvalue weighted by molar-refractivity contribution is 5.92. The number of fused-ring (bicyclic) bond motifs is 1. The van der Waals surface area contributed by atoms with Crippen LogP contribution >= 0.6 is 0 Å². The van der Waals surface area contributed by atoms with Crippen LogP contribution in [0.1, 0.15) is 32.3 Å². The molecule has 2 amide bonds. The summed E-state index contributed by atoms with van der Waals surface area (Å²) >= 11 is 0. The number of carbonyl (C=O) groups excluding carboxylic acids is 2. The number of amides is 2. The van der Waals surface area contributed by atoms with Crippen molar-refractivity contribution >= 4 is 22.6 Å². The van der Waals surface area contributed by atoms with Crippen LogP contribution in [0.4, 0.5) is 0 Å². The maximum absolute atomic E-state index is 12.7. The van der Waals surface area contributed by atoms with Gasteiger partial charge in [0, 0.05) is 18.4 Å². The topological polar surface area (TPSA) is 73.2 Å². The molecule has 2 aromatic rings. The molecule has 0 radical (unpaired) electrons. The van der Waals surface area contributed by atoms with Crippen molar-refractivity contribution in [1.29, 1.82) is 5.26 Å². The highest BCUT2D eigenvalue weighted by atomic mass is 16.2. The SMILES string of the molecule is CCN(C#N)C(=O)C(Cc1ccc2ccccc2c1)NC(=O)C1(C)CC1. The average Bonchev–Trinajstić information content (AvgIpc) is 3.41. The van der Waals surface area contributed by atoms with E-state index < -0.39 is 6.04 Å². The zero-order chi connectivity index (χ0) is 18.7. The first-order valence-corrected chi connectivity index (χ1v) is 8.96. The van der Waals surface area contributed by atoms with Gasteiger partial charge in [0.1, 0.15) is 6.04 Å². The standard InChI is InChI=1S/C21H23N3O2/c1-3-24(14-22)19(25)18(23-20(26)21(2)10-11-21)13-15-8-9-16-6-4-5-7-17(16)12-15/h4-9,12,18H,3,10-11,13H2,1-2H3,(H,23,26). The summed E-state index contributed by atoms with van der Waals surface area (Å²) in [6, 6.07) is 13.3. The second-order valence-corrected chi connectivity index (χ2v) is 7.15. The van der Waals surface area contributed by atoms with Gasteiger partial charge in [0.25, 0.3) is 5.91 Å². The third-order valence-corrected chi connectivity index (χ3v) is 5.11. The second-order valence-electron chi connectivity index (χ2n) is 7.15. The van der Waals surface area contributed by atoms with Crippen LogP contribution in [0.15, 0.2) is 42.5 Å². The van der Waals surface area contributed by atoms with Crippen molar-refractivity contribution in [2.45, 2.75) is 39.2 Å². The molecule has 5 heteroatoms. The van der Waals surface area contributed by atoms with Crippen LogP contribution in [0.5, 0.6) is 0 Å². The summed E-state index contributed by atoms with van der Waals surface area (Å²) in [6.07, 6.45) is 3.95. The number of carbonyl (C=O) groups is 2. The number of nitriles is 1. The summed E-state index contributed by atoms with van der Waals surface area (Å²) in [5.41, 5.74) is 0.586. The highest BCUT2D eigenvalue weighted by Gasteiger charge is 2.46. The van der Waals surface area contributed by atoms with E-state index in [9.17, 15) is 14.9 Å². The first-order valence-electron chi connectivity index (χ1n) is 8.96. The van der Waals surface area contributed by atoms with Crippen LogP contribution in [0.3, 0.4) is 0 Å². The summed E-state index contributed by atoms with van der Waals surface area (Å²) in [5, 5.41) is 14.3. The quantitative estimate of drug-likeness (QED) is 0.643. The van der Waals surface area contributed by atoms with E-state index in [4.69, 9.17) is 0 Å². The van der Waals surface area contributed by atoms with Gasteiger partial charge >= 0.3 is 0 Å². The molecule has 3 rings (SSSR count). The molecule has 1 unspecified atom stereocenters. The number of nitrogens with zero attached hydrogens (tertiary/aromatic N) is 2. The Hall–Kier alpha value is -2.87. The minimum atomic E-state index is -0.735. The summed E-state index contributed by atoms with van der Waals surface area (Å²) in [5.74, 6) is -0.466. The molecule has 1 N–H and O–H groups in total. The molecule has 1 fully saturated rings. The number of hydrogen-bond donors (Lipinski definition) is 1. The van der Waals surface area contributed by atoms with Crippen LogP contribution in [0, 0.1) is 16.9 Å². The number of nitrogens with one attached hydrogen (secondary N) is 1. The van der Waals surface area contributed by atoms with E-state index in [0.717, 1.165) is 34.1 Å². The van der Waals surface area contributed by atoms with E-state index in [0.29, 0.717) is 6.42 Å². The maximum atomic E-state index is 12.7. The fourth-order valence-corrected chi connectivity index (χ4v) is 3.01. The van der Waals surface area contributed by atoms with Crippen LogP contribution in [-0.2, 0) is 16.0 Å². The fourth-order valence-electron chi connectivity index (χ4n) is 3.01. The molecule has 1 aliphatic carbocycles. The van der Waals surface area contributed by atoms with Crippen molar-refractivity contribution in [3.8, 4) is 6.19 Å². The molecule has 1 saturated carbocycles. The van der Waals surface area contributed by atoms with Gasteiger partial charge < -0.3 is 5.32 Å². The monoisotopic (exact) mass is 349 g/mol. The van der Waals surface area contributed by atoms with Crippen molar-refractivity contribution < 1.29 is 9.59 Å². The average molecular weight is 349 g/mol. The van der Waals surface area contributed by atoms with Gasteiger partial charge in [0.15, 0.2) is 6.19 Å². The Balaban J connectivity index is 1.84. The first-order chi connectivity index (χ1) is 12.5. The molecular weight excluding hydrogens is 326 g/mol. The van der Waals surface area contributed by atoms with E-state index in [1.807, 2.05) is 55.6 Å². The molecule has 5 nitrogen and oxygen atoms in total. The Labute approximate surface area is 153 Å². The minimum absolute atomic E-state index is 0.106. The summed E-state index contributed by atoms with van der Waals surface area (Å²) in [6.45, 7) is 3.94. The zero-order valence-corrected chi connectivity index (χ0v) is 15.2. The van der Waals surface area contributed by atoms with Crippen LogP contribution in [0.25, 0.3) is 10.8 Å². The normalized spacial score (nSPS) is 15.7. The number of benzene rings is 2. The van der Waals surface area contributed by atoms with Crippen LogP contribution in [-0.4, -0.2) is 29.3 Å². The highest BCUT2D eigenvalue weighted by Crippen LogP contribution is 2.45. The Morgan fingerprint density at radius 2 is 1.92 bits per heavy atom. The van der Waals surface area contributed by atoms with E-state index in [1.165, 1.54) is 0 Å². The van der Waals surface area contributed by atoms with Crippen molar-refractivity contribution in [3.63, 3.8) is 0 Å². The van der Waals surface area contributed by atoms with Gasteiger partial charge in [-0.05, 0) is 36.1 Å². The largest absolute Gasteiger partial charge is 0.343 e. The van der Waals surface area contributed by atoms with Crippen molar-refractivity contribution in [2.75, 3.05) is 6.54 Å². The van der Waals surface area contributed by atoms with E-state index >= 15 is 0 Å². The molecule has 134 valence electrons. The lowest BCUT2D eigenvalue weighted by molar-refractivity contribution is -0.135. The Morgan fingerprint density at radius 3 is 2.54 bits per heavy atom. The van der Waals surface area contributed by atoms with Gasteiger partial charge in [-0.2, -0.15) is 5.26 Å². The fraction of sp³-hybridized carbons (Fsp3) is 0.381. The second kappa shape index (κ2) is 7.17. The molecule has 0 saturated heterocycles. The van der Waals surface area contributed by atoms with Crippen LogP contribution in [0.2, 0.25) is 0 Å². The lowest BCUT2D eigenvalue weighted by Gasteiger charge is -2.23. The van der Waals surface area contributed by atoms with Gasteiger partial charge in [-0.3, -0.25) is 9.59 Å². The zero-order valence-electron chi connectivity index (χ0n) is 15.2. The van der Waals surface area contributed by atoms with Crippen LogP contribution < -0.4 is 5.32 Å². The predicted octanol–water partition coefficient (Wildman–Crippen LogP) is 3.00. The lowest BCUT2D eigenvalue weighted by Crippen LogP contribution is -2.50. The summed E-state index contributed by atoms with van der Waals surface area (Å²) < 4.78 is 0. The van der Waals surface area contributed by atoms with E-state index in [-0.39, 0.29) is 23.8 Å². The molecule has 26 heavy (non-hydrogen) atoms. The summed E-state index contributed by atoms with van der Waals surface area (Å²) in [4.78, 5) is 26.3. The van der Waals surface area contributed by atoms with Gasteiger partial charge in [-0.1, -0.05) is 49.4 Å². The Bertz CT molecular complexity index is 880. The molecule has 0 aromatic heterocycles. The minimum Gasteiger partial charge on any atom is -0.343 e. The maximum Gasteiger partial charge on any atom is 0.258 e. The Morgan fingerprint density at radius 1 is 1.23 bits per heavy atom. The molecule has 0 spiro atoms. The molecule has 0 heterocycles. The summed E-state index contributed by atoms with van der Waals surface area (Å²) in [7, 11) is 0. The van der Waals surface area contributed by atoms with Crippen molar-refractivity contribution in [2.24, 2.45) is 5.41 Å². The molecule has 0 aliphatic heterocycles. The third-order valence-electron chi connectivity index (χ3n) is 5.11. The molecule has 1 aliphatic rings. The van der Waals surface area contributed by atoms with Crippen molar-refractivity contribution in [3.05, 3.63) is 48.0 Å². The van der Waals surface area contributed by atoms with E-state index in [2.05, 4.69) is 5.32 Å². The number of rotatable bonds is 6.